The van der Waals surface area contributed by atoms with Crippen molar-refractivity contribution in [3.8, 4) is 11.5 Å². The van der Waals surface area contributed by atoms with Gasteiger partial charge in [0.25, 0.3) is 5.91 Å². The van der Waals surface area contributed by atoms with Gasteiger partial charge in [-0.25, -0.2) is 9.97 Å². The summed E-state index contributed by atoms with van der Waals surface area (Å²) in [7, 11) is 0. The van der Waals surface area contributed by atoms with Gasteiger partial charge in [0.1, 0.15) is 11.5 Å². The van der Waals surface area contributed by atoms with Gasteiger partial charge in [-0.05, 0) is 49.4 Å². The highest BCUT2D eigenvalue weighted by Gasteiger charge is 2.25. The number of pyridine rings is 1. The van der Waals surface area contributed by atoms with Crippen LogP contribution in [0.15, 0.2) is 49.2 Å². The number of nitrogens with zero attached hydrogens (tertiary/aromatic N) is 6. The first kappa shape index (κ1) is 16.6. The van der Waals surface area contributed by atoms with E-state index in [2.05, 4.69) is 25.4 Å². The van der Waals surface area contributed by atoms with Crippen molar-refractivity contribution in [1.29, 1.82) is 0 Å². The number of hydrogen-bond acceptors (Lipinski definition) is 5. The van der Waals surface area contributed by atoms with Gasteiger partial charge in [0.2, 0.25) is 0 Å². The molecule has 1 saturated carbocycles. The van der Waals surface area contributed by atoms with Crippen LogP contribution in [0.25, 0.3) is 17.0 Å². The van der Waals surface area contributed by atoms with Gasteiger partial charge in [-0.15, -0.1) is 0 Å². The van der Waals surface area contributed by atoms with Crippen molar-refractivity contribution < 1.29 is 4.79 Å². The largest absolute Gasteiger partial charge is 0.305 e. The summed E-state index contributed by atoms with van der Waals surface area (Å²) in [5, 5.41) is 7.28. The summed E-state index contributed by atoms with van der Waals surface area (Å²) in [5.74, 6) is 1.54. The Kier molecular flexibility index (Phi) is 3.89. The number of aryl methyl sites for hydroxylation is 1. The van der Waals surface area contributed by atoms with Crippen LogP contribution in [0.5, 0.6) is 0 Å². The highest BCUT2D eigenvalue weighted by atomic mass is 16.2. The maximum absolute atomic E-state index is 12.9. The molecule has 1 aliphatic rings. The lowest BCUT2D eigenvalue weighted by Crippen LogP contribution is -2.14. The molecule has 4 heterocycles. The molecular weight excluding hydrogens is 354 g/mol. The zero-order valence-corrected chi connectivity index (χ0v) is 15.4. The van der Waals surface area contributed by atoms with Gasteiger partial charge in [-0.3, -0.25) is 18.9 Å². The van der Waals surface area contributed by atoms with Gasteiger partial charge in [0, 0.05) is 31.3 Å². The van der Waals surface area contributed by atoms with E-state index in [1.165, 1.54) is 12.8 Å². The molecule has 1 amide bonds. The third-order valence-electron chi connectivity index (χ3n) is 4.89. The van der Waals surface area contributed by atoms with E-state index in [9.17, 15) is 4.79 Å². The fourth-order valence-corrected chi connectivity index (χ4v) is 3.28. The number of rotatable bonds is 5. The average molecular weight is 373 g/mol. The van der Waals surface area contributed by atoms with Crippen molar-refractivity contribution in [3.63, 3.8) is 0 Å². The van der Waals surface area contributed by atoms with Crippen molar-refractivity contribution in [2.75, 3.05) is 5.32 Å². The molecule has 0 unspecified atom stereocenters. The Morgan fingerprint density at radius 3 is 2.96 bits per heavy atom. The van der Waals surface area contributed by atoms with Crippen LogP contribution in [-0.2, 0) is 6.54 Å². The Bertz CT molecular complexity index is 1170. The van der Waals surface area contributed by atoms with Crippen LogP contribution in [0.4, 0.5) is 5.82 Å². The molecule has 1 aliphatic carbocycles. The molecule has 4 aromatic heterocycles. The van der Waals surface area contributed by atoms with Gasteiger partial charge >= 0.3 is 0 Å². The maximum atomic E-state index is 12.9. The maximum Gasteiger partial charge on any atom is 0.277 e. The Labute approximate surface area is 161 Å². The van der Waals surface area contributed by atoms with E-state index < -0.39 is 0 Å². The number of carbonyl (C=O) groups excluding carboxylic acids is 1. The molecular formula is C20H19N7O. The molecule has 0 aromatic carbocycles. The van der Waals surface area contributed by atoms with Crippen LogP contribution < -0.4 is 5.32 Å². The topological polar surface area (TPSA) is 90.0 Å². The SMILES string of the molecule is Cc1ccnc(NC(=O)c2nc(-c3ccnn3CC3CC3)n3ccncc23)c1. The smallest absolute Gasteiger partial charge is 0.277 e. The molecule has 0 radical (unpaired) electrons. The lowest BCUT2D eigenvalue weighted by atomic mass is 10.3. The summed E-state index contributed by atoms with van der Waals surface area (Å²) in [4.78, 5) is 26.0. The minimum Gasteiger partial charge on any atom is -0.305 e. The van der Waals surface area contributed by atoms with E-state index >= 15 is 0 Å². The Balaban J connectivity index is 1.55. The summed E-state index contributed by atoms with van der Waals surface area (Å²) in [6.45, 7) is 2.82. The van der Waals surface area contributed by atoms with Gasteiger partial charge in [0.05, 0.1) is 11.7 Å². The standard InChI is InChI=1S/C20H19N7O/c1-13-4-6-22-17(10-13)24-20(28)18-16-11-21-8-9-26(16)19(25-18)15-5-7-23-27(15)12-14-2-3-14/h4-11,14H,2-3,12H2,1H3,(H,22,24,28). The quantitative estimate of drug-likeness (QED) is 0.581. The second-order valence-electron chi connectivity index (χ2n) is 7.13. The van der Waals surface area contributed by atoms with E-state index in [4.69, 9.17) is 0 Å². The molecule has 0 saturated heterocycles. The molecule has 0 atom stereocenters. The predicted octanol–water partition coefficient (Wildman–Crippen LogP) is 2.96. The van der Waals surface area contributed by atoms with E-state index in [1.807, 2.05) is 40.4 Å². The Morgan fingerprint density at radius 1 is 1.25 bits per heavy atom. The summed E-state index contributed by atoms with van der Waals surface area (Å²) in [5.41, 5.74) is 2.86. The molecule has 1 fully saturated rings. The highest BCUT2D eigenvalue weighted by molar-refractivity contribution is 6.07. The highest BCUT2D eigenvalue weighted by Crippen LogP contribution is 2.32. The first-order valence-corrected chi connectivity index (χ1v) is 9.27. The summed E-state index contributed by atoms with van der Waals surface area (Å²) < 4.78 is 3.85. The summed E-state index contributed by atoms with van der Waals surface area (Å²) in [6, 6.07) is 5.63. The van der Waals surface area contributed by atoms with E-state index in [-0.39, 0.29) is 5.91 Å². The molecule has 8 nitrogen and oxygen atoms in total. The van der Waals surface area contributed by atoms with Gasteiger partial charge in [0.15, 0.2) is 11.5 Å². The lowest BCUT2D eigenvalue weighted by molar-refractivity contribution is 0.102. The normalized spacial score (nSPS) is 13.8. The lowest BCUT2D eigenvalue weighted by Gasteiger charge is -2.05. The number of amides is 1. The minimum absolute atomic E-state index is 0.311. The molecule has 140 valence electrons. The predicted molar refractivity (Wildman–Crippen MR) is 104 cm³/mol. The van der Waals surface area contributed by atoms with E-state index in [0.717, 1.165) is 17.8 Å². The fourth-order valence-electron chi connectivity index (χ4n) is 3.28. The Hall–Kier alpha value is -3.55. The average Bonchev–Trinajstić information content (AvgIpc) is 3.24. The van der Waals surface area contributed by atoms with Gasteiger partial charge in [-0.1, -0.05) is 0 Å². The van der Waals surface area contributed by atoms with Crippen molar-refractivity contribution in [2.45, 2.75) is 26.3 Å². The zero-order valence-electron chi connectivity index (χ0n) is 15.4. The zero-order chi connectivity index (χ0) is 19.1. The first-order chi connectivity index (χ1) is 13.7. The monoisotopic (exact) mass is 373 g/mol. The summed E-state index contributed by atoms with van der Waals surface area (Å²) >= 11 is 0. The second-order valence-corrected chi connectivity index (χ2v) is 7.13. The Morgan fingerprint density at radius 2 is 2.14 bits per heavy atom. The number of carbonyl (C=O) groups is 1. The van der Waals surface area contributed by atoms with Crippen LogP contribution in [0.1, 0.15) is 28.9 Å². The van der Waals surface area contributed by atoms with Crippen molar-refractivity contribution in [1.82, 2.24) is 29.1 Å². The number of aromatic nitrogens is 6. The molecule has 0 bridgehead atoms. The van der Waals surface area contributed by atoms with Crippen molar-refractivity contribution >= 4 is 17.2 Å². The number of anilines is 1. The molecule has 0 spiro atoms. The number of nitrogens with one attached hydrogen (secondary N) is 1. The second kappa shape index (κ2) is 6.56. The van der Waals surface area contributed by atoms with Gasteiger partial charge < -0.3 is 5.32 Å². The molecule has 28 heavy (non-hydrogen) atoms. The van der Waals surface area contributed by atoms with Crippen LogP contribution in [0.2, 0.25) is 0 Å². The third kappa shape index (κ3) is 3.02. The van der Waals surface area contributed by atoms with Crippen LogP contribution in [0.3, 0.4) is 0 Å². The number of imidazole rings is 1. The minimum atomic E-state index is -0.317. The summed E-state index contributed by atoms with van der Waals surface area (Å²) in [6.07, 6.45) is 11.1. The molecule has 0 aliphatic heterocycles. The molecule has 1 N–H and O–H groups in total. The molecule has 5 rings (SSSR count). The number of fused-ring (bicyclic) bond motifs is 1. The van der Waals surface area contributed by atoms with Crippen LogP contribution in [0, 0.1) is 12.8 Å². The number of hydrogen-bond donors (Lipinski definition) is 1. The van der Waals surface area contributed by atoms with E-state index in [1.54, 1.807) is 24.8 Å². The first-order valence-electron chi connectivity index (χ1n) is 9.27. The molecule has 4 aromatic rings. The third-order valence-corrected chi connectivity index (χ3v) is 4.89. The van der Waals surface area contributed by atoms with Crippen LogP contribution in [-0.4, -0.2) is 35.0 Å². The van der Waals surface area contributed by atoms with Crippen molar-refractivity contribution in [3.05, 3.63) is 60.4 Å². The fraction of sp³-hybridized carbons (Fsp3) is 0.250. The van der Waals surface area contributed by atoms with E-state index in [0.29, 0.717) is 28.8 Å². The van der Waals surface area contributed by atoms with Crippen LogP contribution >= 0.6 is 0 Å². The molecule has 8 heteroatoms. The van der Waals surface area contributed by atoms with Crippen molar-refractivity contribution in [2.24, 2.45) is 5.92 Å². The van der Waals surface area contributed by atoms with Gasteiger partial charge in [-0.2, -0.15) is 5.10 Å².